The maximum atomic E-state index is 11.9. The molecule has 0 bridgehead atoms. The molecule has 0 saturated heterocycles. The Labute approximate surface area is 137 Å². The summed E-state index contributed by atoms with van der Waals surface area (Å²) in [6, 6.07) is 8.31. The van der Waals surface area contributed by atoms with Crippen LogP contribution >= 0.6 is 11.3 Å². The minimum atomic E-state index is -0.421. The van der Waals surface area contributed by atoms with Crippen LogP contribution in [0, 0.1) is 0 Å². The van der Waals surface area contributed by atoms with Crippen LogP contribution in [0.2, 0.25) is 0 Å². The van der Waals surface area contributed by atoms with Crippen LogP contribution in [0.4, 0.5) is 5.82 Å². The number of rotatable bonds is 3. The molecule has 118 valence electrons. The van der Waals surface area contributed by atoms with Crippen molar-refractivity contribution in [1.82, 2.24) is 25.6 Å². The van der Waals surface area contributed by atoms with E-state index in [1.807, 2.05) is 12.1 Å². The Morgan fingerprint density at radius 1 is 1.22 bits per heavy atom. The van der Waals surface area contributed by atoms with E-state index in [1.54, 1.807) is 5.38 Å². The van der Waals surface area contributed by atoms with Gasteiger partial charge in [0.15, 0.2) is 0 Å². The number of aromatic amines is 1. The van der Waals surface area contributed by atoms with Crippen molar-refractivity contribution in [3.63, 3.8) is 0 Å². The number of H-pyrrole nitrogens is 1. The van der Waals surface area contributed by atoms with Crippen LogP contribution in [0.5, 0.6) is 0 Å². The molecule has 2 N–H and O–H groups in total. The van der Waals surface area contributed by atoms with Crippen LogP contribution in [0.15, 0.2) is 29.6 Å². The molecule has 7 nitrogen and oxygen atoms in total. The van der Waals surface area contributed by atoms with Gasteiger partial charge >= 0.3 is 0 Å². The summed E-state index contributed by atoms with van der Waals surface area (Å²) in [6.45, 7) is 6.53. The first kappa shape index (κ1) is 15.3. The van der Waals surface area contributed by atoms with Gasteiger partial charge in [0.25, 0.3) is 5.91 Å². The van der Waals surface area contributed by atoms with Crippen LogP contribution < -0.4 is 5.32 Å². The van der Waals surface area contributed by atoms with Gasteiger partial charge in [0.05, 0.1) is 0 Å². The van der Waals surface area contributed by atoms with Crippen molar-refractivity contribution >= 4 is 23.1 Å². The third kappa shape index (κ3) is 3.42. The lowest BCUT2D eigenvalue weighted by Crippen LogP contribution is -2.14. The third-order valence-electron chi connectivity index (χ3n) is 3.30. The highest BCUT2D eigenvalue weighted by molar-refractivity contribution is 7.13. The van der Waals surface area contributed by atoms with Gasteiger partial charge in [-0.05, 0) is 21.4 Å². The molecule has 8 heteroatoms. The quantitative estimate of drug-likeness (QED) is 0.770. The van der Waals surface area contributed by atoms with E-state index in [4.69, 9.17) is 0 Å². The van der Waals surface area contributed by atoms with Gasteiger partial charge in [0.2, 0.25) is 5.82 Å². The number of thiazole rings is 1. The Morgan fingerprint density at radius 2 is 1.96 bits per heavy atom. The highest BCUT2D eigenvalue weighted by Gasteiger charge is 2.15. The smallest absolute Gasteiger partial charge is 0.296 e. The van der Waals surface area contributed by atoms with Crippen LogP contribution in [0.3, 0.4) is 0 Å². The van der Waals surface area contributed by atoms with Gasteiger partial charge in [0, 0.05) is 10.9 Å². The van der Waals surface area contributed by atoms with E-state index in [0.29, 0.717) is 5.82 Å². The number of benzene rings is 1. The number of tetrazole rings is 1. The van der Waals surface area contributed by atoms with E-state index in [2.05, 4.69) is 63.8 Å². The van der Waals surface area contributed by atoms with Gasteiger partial charge in [-0.3, -0.25) is 4.79 Å². The summed E-state index contributed by atoms with van der Waals surface area (Å²) < 4.78 is 0. The van der Waals surface area contributed by atoms with Gasteiger partial charge in [0.1, 0.15) is 10.8 Å². The van der Waals surface area contributed by atoms with E-state index in [9.17, 15) is 4.79 Å². The van der Waals surface area contributed by atoms with Gasteiger partial charge in [-0.2, -0.15) is 0 Å². The Bertz CT molecular complexity index is 801. The fraction of sp³-hybridized carbons (Fsp3) is 0.267. The summed E-state index contributed by atoms with van der Waals surface area (Å²) >= 11 is 1.47. The summed E-state index contributed by atoms with van der Waals surface area (Å²) in [5.41, 5.74) is 2.40. The maximum Gasteiger partial charge on any atom is 0.296 e. The predicted octanol–water partition coefficient (Wildman–Crippen LogP) is 2.87. The molecule has 1 aromatic carbocycles. The van der Waals surface area contributed by atoms with Crippen molar-refractivity contribution in [2.45, 2.75) is 26.2 Å². The monoisotopic (exact) mass is 328 g/mol. The fourth-order valence-corrected chi connectivity index (χ4v) is 2.77. The van der Waals surface area contributed by atoms with Crippen molar-refractivity contribution in [1.29, 1.82) is 0 Å². The molecular weight excluding hydrogens is 312 g/mol. The van der Waals surface area contributed by atoms with Crippen molar-refractivity contribution in [2.75, 3.05) is 5.32 Å². The molecule has 0 aliphatic rings. The van der Waals surface area contributed by atoms with Crippen molar-refractivity contribution in [3.05, 3.63) is 41.0 Å². The van der Waals surface area contributed by atoms with E-state index < -0.39 is 5.91 Å². The Kier molecular flexibility index (Phi) is 3.91. The fourth-order valence-electron chi connectivity index (χ4n) is 2.01. The zero-order valence-electron chi connectivity index (χ0n) is 13.0. The summed E-state index contributed by atoms with van der Waals surface area (Å²) in [5.74, 6) is 0.107. The number of nitrogens with one attached hydrogen (secondary N) is 2. The second-order valence-corrected chi connectivity index (χ2v) is 6.93. The molecule has 23 heavy (non-hydrogen) atoms. The van der Waals surface area contributed by atoms with Gasteiger partial charge in [-0.15, -0.1) is 16.4 Å². The third-order valence-corrected chi connectivity index (χ3v) is 4.20. The van der Waals surface area contributed by atoms with Crippen LogP contribution in [0.1, 0.15) is 37.0 Å². The maximum absolute atomic E-state index is 11.9. The SMILES string of the molecule is CC(C)(C)c1ccc(-c2nc(NC(=O)c3nnn[nH]3)cs2)cc1. The lowest BCUT2D eigenvalue weighted by molar-refractivity contribution is 0.101. The minimum absolute atomic E-state index is 0.0501. The van der Waals surface area contributed by atoms with Crippen molar-refractivity contribution in [3.8, 4) is 10.6 Å². The summed E-state index contributed by atoms with van der Waals surface area (Å²) in [5, 5.41) is 18.0. The predicted molar refractivity (Wildman–Crippen MR) is 88.4 cm³/mol. The Hall–Kier alpha value is -2.61. The molecule has 0 fully saturated rings. The first-order valence-corrected chi connectivity index (χ1v) is 7.93. The zero-order valence-corrected chi connectivity index (χ0v) is 13.8. The topological polar surface area (TPSA) is 96.5 Å². The molecule has 2 aromatic heterocycles. The number of carbonyl (C=O) groups is 1. The number of amides is 1. The van der Waals surface area contributed by atoms with Crippen LogP contribution in [-0.2, 0) is 5.41 Å². The number of hydrogen-bond donors (Lipinski definition) is 2. The second kappa shape index (κ2) is 5.88. The number of hydrogen-bond acceptors (Lipinski definition) is 6. The number of carbonyl (C=O) groups excluding carboxylic acids is 1. The van der Waals surface area contributed by atoms with E-state index in [-0.39, 0.29) is 11.2 Å². The van der Waals surface area contributed by atoms with Gasteiger partial charge in [-0.1, -0.05) is 45.0 Å². The van der Waals surface area contributed by atoms with Crippen LogP contribution in [-0.4, -0.2) is 31.5 Å². The highest BCUT2D eigenvalue weighted by Crippen LogP contribution is 2.29. The standard InChI is InChI=1S/C15H16N6OS/c1-15(2,3)10-6-4-9(5-7-10)14-17-11(8-23-14)16-13(22)12-18-20-21-19-12/h4-8H,1-3H3,(H,16,22)(H,18,19,20,21). The Morgan fingerprint density at radius 3 is 2.57 bits per heavy atom. The molecule has 3 rings (SSSR count). The number of aromatic nitrogens is 5. The molecule has 1 amide bonds. The summed E-state index contributed by atoms with van der Waals surface area (Å²) in [6.07, 6.45) is 0. The molecule has 0 aliphatic carbocycles. The lowest BCUT2D eigenvalue weighted by atomic mass is 9.87. The van der Waals surface area contributed by atoms with Crippen molar-refractivity contribution < 1.29 is 4.79 Å². The molecule has 0 saturated carbocycles. The highest BCUT2D eigenvalue weighted by atomic mass is 32.1. The average molecular weight is 328 g/mol. The summed E-state index contributed by atoms with van der Waals surface area (Å²) in [7, 11) is 0. The molecule has 0 unspecified atom stereocenters. The molecule has 0 spiro atoms. The average Bonchev–Trinajstić information content (AvgIpc) is 3.18. The molecular formula is C15H16N6OS. The normalized spacial score (nSPS) is 11.4. The van der Waals surface area contributed by atoms with E-state index >= 15 is 0 Å². The van der Waals surface area contributed by atoms with E-state index in [1.165, 1.54) is 16.9 Å². The first-order valence-electron chi connectivity index (χ1n) is 7.05. The van der Waals surface area contributed by atoms with E-state index in [0.717, 1.165) is 10.6 Å². The van der Waals surface area contributed by atoms with Gasteiger partial charge < -0.3 is 5.32 Å². The van der Waals surface area contributed by atoms with Crippen molar-refractivity contribution in [2.24, 2.45) is 0 Å². The largest absolute Gasteiger partial charge is 0.303 e. The minimum Gasteiger partial charge on any atom is -0.303 e. The Balaban J connectivity index is 1.75. The number of anilines is 1. The molecule has 0 radical (unpaired) electrons. The lowest BCUT2D eigenvalue weighted by Gasteiger charge is -2.18. The number of nitrogens with zero attached hydrogens (tertiary/aromatic N) is 4. The summed E-state index contributed by atoms with van der Waals surface area (Å²) in [4.78, 5) is 16.3. The first-order chi connectivity index (χ1) is 10.9. The zero-order chi connectivity index (χ0) is 16.4. The van der Waals surface area contributed by atoms with Gasteiger partial charge in [-0.25, -0.2) is 10.1 Å². The van der Waals surface area contributed by atoms with Crippen LogP contribution in [0.25, 0.3) is 10.6 Å². The second-order valence-electron chi connectivity index (χ2n) is 6.07. The molecule has 3 aromatic rings. The molecule has 0 aliphatic heterocycles. The molecule has 2 heterocycles. The molecule has 0 atom stereocenters.